The first-order valence-corrected chi connectivity index (χ1v) is 11.7. The minimum atomic E-state index is -3.38. The number of aromatic nitrogens is 4. The van der Waals surface area contributed by atoms with E-state index in [0.717, 1.165) is 11.1 Å². The van der Waals surface area contributed by atoms with Gasteiger partial charge in [0.25, 0.3) is 0 Å². The molecule has 0 fully saturated rings. The first kappa shape index (κ1) is 20.5. The number of halogens is 1. The summed E-state index contributed by atoms with van der Waals surface area (Å²) in [6.45, 7) is 3.69. The Bertz CT molecular complexity index is 1260. The fourth-order valence-corrected chi connectivity index (χ4v) is 5.45. The summed E-state index contributed by atoms with van der Waals surface area (Å²) < 4.78 is 38.9. The van der Waals surface area contributed by atoms with Crippen molar-refractivity contribution in [1.29, 1.82) is 0 Å². The third kappa shape index (κ3) is 4.08. The lowest BCUT2D eigenvalue weighted by atomic mass is 10.2. The van der Waals surface area contributed by atoms with Gasteiger partial charge in [-0.3, -0.25) is 9.20 Å². The predicted molar refractivity (Wildman–Crippen MR) is 112 cm³/mol. The molecule has 3 aromatic rings. The highest BCUT2D eigenvalue weighted by molar-refractivity contribution is 7.99. The molecule has 0 saturated carbocycles. The maximum atomic E-state index is 13.4. The van der Waals surface area contributed by atoms with E-state index < -0.39 is 21.7 Å². The number of amides is 1. The number of nitrogens with zero attached hydrogens (tertiary/aromatic N) is 5. The molecule has 0 unspecified atom stereocenters. The molecule has 1 aliphatic rings. The van der Waals surface area contributed by atoms with E-state index in [1.807, 2.05) is 13.8 Å². The Morgan fingerprint density at radius 1 is 1.27 bits per heavy atom. The van der Waals surface area contributed by atoms with Gasteiger partial charge in [-0.2, -0.15) is 0 Å². The zero-order valence-electron chi connectivity index (χ0n) is 16.2. The molecular formula is C19H18FN5O3S2. The van der Waals surface area contributed by atoms with E-state index in [1.165, 1.54) is 47.0 Å². The summed E-state index contributed by atoms with van der Waals surface area (Å²) in [5, 5.41) is 9.88. The van der Waals surface area contributed by atoms with Crippen molar-refractivity contribution in [3.8, 4) is 0 Å². The highest BCUT2D eigenvalue weighted by Crippen LogP contribution is 2.26. The number of fused-ring (bicyclic) bond motifs is 1. The van der Waals surface area contributed by atoms with E-state index in [2.05, 4.69) is 15.2 Å². The van der Waals surface area contributed by atoms with Gasteiger partial charge >= 0.3 is 0 Å². The number of hydrogen-bond donors (Lipinski definition) is 0. The number of sulfone groups is 1. The maximum Gasteiger partial charge on any atom is 0.238 e. The topological polar surface area (TPSA) is 97.5 Å². The smallest absolute Gasteiger partial charge is 0.238 e. The molecule has 2 aromatic heterocycles. The molecule has 0 N–H and O–H groups in total. The average Bonchev–Trinajstić information content (AvgIpc) is 3.24. The highest BCUT2D eigenvalue weighted by atomic mass is 32.2. The molecular weight excluding hydrogens is 429 g/mol. The standard InChI is InChI=1S/C19H18FN5O3S2/c1-12-9-17-22-23-19(24(17)13(2)21-12)29-10-18(26)25(15-5-3-14(20)4-6-15)16-7-8-30(27,28)11-16/h3-9,16H,10-11H2,1-2H3/t16-/m1/s1. The molecule has 1 aliphatic heterocycles. The van der Waals surface area contributed by atoms with E-state index in [-0.39, 0.29) is 17.4 Å². The molecule has 1 amide bonds. The molecule has 11 heteroatoms. The Hall–Kier alpha value is -2.79. The second-order valence-corrected chi connectivity index (χ2v) is 9.75. The molecule has 8 nitrogen and oxygen atoms in total. The Morgan fingerprint density at radius 3 is 2.67 bits per heavy atom. The van der Waals surface area contributed by atoms with Crippen molar-refractivity contribution in [2.24, 2.45) is 0 Å². The van der Waals surface area contributed by atoms with Crippen LogP contribution in [0.3, 0.4) is 0 Å². The Kier molecular flexibility index (Phi) is 5.33. The number of carbonyl (C=O) groups is 1. The third-order valence-electron chi connectivity index (χ3n) is 4.60. The fourth-order valence-electron chi connectivity index (χ4n) is 3.33. The van der Waals surface area contributed by atoms with Crippen LogP contribution in [-0.4, -0.2) is 51.5 Å². The van der Waals surface area contributed by atoms with Crippen LogP contribution in [0, 0.1) is 19.7 Å². The third-order valence-corrected chi connectivity index (χ3v) is 6.89. The van der Waals surface area contributed by atoms with Gasteiger partial charge in [0.2, 0.25) is 5.91 Å². The SMILES string of the molecule is Cc1cc2nnc(SCC(=O)N(c3ccc(F)cc3)[C@@H]3C=CS(=O)(=O)C3)n2c(C)n1. The lowest BCUT2D eigenvalue weighted by molar-refractivity contribution is -0.116. The molecule has 0 radical (unpaired) electrons. The summed E-state index contributed by atoms with van der Waals surface area (Å²) >= 11 is 1.18. The molecule has 4 rings (SSSR count). The predicted octanol–water partition coefficient (Wildman–Crippen LogP) is 2.32. The normalized spacial score (nSPS) is 17.5. The minimum absolute atomic E-state index is 0.00409. The molecule has 0 bridgehead atoms. The van der Waals surface area contributed by atoms with Crippen molar-refractivity contribution in [3.05, 3.63) is 59.2 Å². The number of benzene rings is 1. The van der Waals surface area contributed by atoms with Crippen molar-refractivity contribution >= 4 is 38.8 Å². The van der Waals surface area contributed by atoms with Crippen molar-refractivity contribution in [2.45, 2.75) is 25.0 Å². The number of carbonyl (C=O) groups excluding carboxylic acids is 1. The van der Waals surface area contributed by atoms with Crippen molar-refractivity contribution < 1.29 is 17.6 Å². The molecule has 0 spiro atoms. The summed E-state index contributed by atoms with van der Waals surface area (Å²) in [6.07, 6.45) is 1.48. The molecule has 1 aromatic carbocycles. The van der Waals surface area contributed by atoms with Crippen LogP contribution in [0.1, 0.15) is 11.5 Å². The lowest BCUT2D eigenvalue weighted by Crippen LogP contribution is -2.42. The summed E-state index contributed by atoms with van der Waals surface area (Å²) in [5.74, 6) is -0.284. The van der Waals surface area contributed by atoms with Crippen LogP contribution in [-0.2, 0) is 14.6 Å². The summed E-state index contributed by atoms with van der Waals surface area (Å²) in [4.78, 5) is 18.9. The molecule has 0 saturated heterocycles. The van der Waals surface area contributed by atoms with Crippen molar-refractivity contribution in [1.82, 2.24) is 19.6 Å². The fraction of sp³-hybridized carbons (Fsp3) is 0.263. The average molecular weight is 448 g/mol. The van der Waals surface area contributed by atoms with Crippen LogP contribution in [0.4, 0.5) is 10.1 Å². The van der Waals surface area contributed by atoms with E-state index >= 15 is 0 Å². The number of anilines is 1. The Balaban J connectivity index is 1.60. The lowest BCUT2D eigenvalue weighted by Gasteiger charge is -2.27. The minimum Gasteiger partial charge on any atom is -0.304 e. The molecule has 0 aliphatic carbocycles. The van der Waals surface area contributed by atoms with Crippen LogP contribution < -0.4 is 4.90 Å². The van der Waals surface area contributed by atoms with Gasteiger partial charge in [-0.15, -0.1) is 10.2 Å². The van der Waals surface area contributed by atoms with E-state index in [4.69, 9.17) is 0 Å². The molecule has 3 heterocycles. The number of hydrogen-bond acceptors (Lipinski definition) is 7. The highest BCUT2D eigenvalue weighted by Gasteiger charge is 2.31. The zero-order chi connectivity index (χ0) is 21.5. The number of rotatable bonds is 5. The second-order valence-electron chi connectivity index (χ2n) is 6.88. The monoisotopic (exact) mass is 447 g/mol. The van der Waals surface area contributed by atoms with Gasteiger partial charge in [-0.05, 0) is 44.2 Å². The maximum absolute atomic E-state index is 13.4. The van der Waals surface area contributed by atoms with E-state index in [0.29, 0.717) is 22.3 Å². The van der Waals surface area contributed by atoms with Crippen LogP contribution in [0.2, 0.25) is 0 Å². The Labute approximate surface area is 176 Å². The van der Waals surface area contributed by atoms with Gasteiger partial charge in [0, 0.05) is 22.9 Å². The van der Waals surface area contributed by atoms with Gasteiger partial charge in [-0.1, -0.05) is 11.8 Å². The zero-order valence-corrected chi connectivity index (χ0v) is 17.8. The van der Waals surface area contributed by atoms with E-state index in [9.17, 15) is 17.6 Å². The van der Waals surface area contributed by atoms with Gasteiger partial charge in [0.1, 0.15) is 11.6 Å². The van der Waals surface area contributed by atoms with Gasteiger partial charge < -0.3 is 4.90 Å². The molecule has 156 valence electrons. The summed E-state index contributed by atoms with van der Waals surface area (Å²) in [6, 6.07) is 6.53. The van der Waals surface area contributed by atoms with Gasteiger partial charge in [0.15, 0.2) is 20.6 Å². The van der Waals surface area contributed by atoms with Gasteiger partial charge in [-0.25, -0.2) is 17.8 Å². The quantitative estimate of drug-likeness (QED) is 0.554. The van der Waals surface area contributed by atoms with Crippen molar-refractivity contribution in [3.63, 3.8) is 0 Å². The van der Waals surface area contributed by atoms with Crippen LogP contribution in [0.5, 0.6) is 0 Å². The van der Waals surface area contributed by atoms with E-state index in [1.54, 1.807) is 10.5 Å². The second kappa shape index (κ2) is 7.80. The number of aryl methyl sites for hydroxylation is 2. The van der Waals surface area contributed by atoms with Crippen LogP contribution in [0.25, 0.3) is 5.65 Å². The largest absolute Gasteiger partial charge is 0.304 e. The van der Waals surface area contributed by atoms with Crippen LogP contribution >= 0.6 is 11.8 Å². The molecule has 30 heavy (non-hydrogen) atoms. The number of thioether (sulfide) groups is 1. The Morgan fingerprint density at radius 2 is 2.00 bits per heavy atom. The molecule has 1 atom stereocenters. The first-order chi connectivity index (χ1) is 14.2. The summed E-state index contributed by atoms with van der Waals surface area (Å²) in [5.41, 5.74) is 1.88. The van der Waals surface area contributed by atoms with Gasteiger partial charge in [0.05, 0.1) is 17.5 Å². The summed E-state index contributed by atoms with van der Waals surface area (Å²) in [7, 11) is -3.38. The first-order valence-electron chi connectivity index (χ1n) is 9.04. The van der Waals surface area contributed by atoms with Crippen LogP contribution in [0.15, 0.2) is 47.0 Å². The van der Waals surface area contributed by atoms with Crippen molar-refractivity contribution in [2.75, 3.05) is 16.4 Å².